The molecule has 9 heteroatoms. The van der Waals surface area contributed by atoms with Gasteiger partial charge in [0.15, 0.2) is 0 Å². The van der Waals surface area contributed by atoms with Gasteiger partial charge in [0.1, 0.15) is 12.2 Å². The largest absolute Gasteiger partial charge is 0.445 e. The molecule has 1 aromatic rings. The molecule has 7 nitrogen and oxygen atoms in total. The minimum Gasteiger partial charge on any atom is -0.445 e. The van der Waals surface area contributed by atoms with E-state index in [0.29, 0.717) is 42.7 Å². The third kappa shape index (κ3) is 8.12. The number of amides is 2. The Balaban J connectivity index is 1.74. The fourth-order valence-corrected chi connectivity index (χ4v) is 3.21. The Kier molecular flexibility index (Phi) is 8.22. The number of nitrogens with one attached hydrogen (secondary N) is 1. The van der Waals surface area contributed by atoms with Gasteiger partial charge >= 0.3 is 12.2 Å². The summed E-state index contributed by atoms with van der Waals surface area (Å²) in [6, 6.07) is 5.02. The number of hydrogen-bond donors (Lipinski definition) is 1. The topological polar surface area (TPSA) is 77.1 Å². The van der Waals surface area contributed by atoms with E-state index in [0.717, 1.165) is 5.56 Å². The van der Waals surface area contributed by atoms with E-state index in [1.807, 2.05) is 0 Å². The molecule has 0 saturated carbocycles. The molecular formula is C19H26Cl2N2O5. The van der Waals surface area contributed by atoms with Crippen LogP contribution in [0.3, 0.4) is 0 Å². The number of morpholine rings is 1. The maximum atomic E-state index is 12.3. The van der Waals surface area contributed by atoms with Crippen molar-refractivity contribution in [2.45, 2.75) is 45.5 Å². The Morgan fingerprint density at radius 2 is 1.93 bits per heavy atom. The van der Waals surface area contributed by atoms with Crippen molar-refractivity contribution < 1.29 is 23.8 Å². The first-order valence-corrected chi connectivity index (χ1v) is 9.83. The van der Waals surface area contributed by atoms with Crippen LogP contribution in [0.2, 0.25) is 10.0 Å². The highest BCUT2D eigenvalue weighted by molar-refractivity contribution is 6.34. The lowest BCUT2D eigenvalue weighted by Gasteiger charge is -2.32. The predicted molar refractivity (Wildman–Crippen MR) is 107 cm³/mol. The molecule has 0 radical (unpaired) electrons. The summed E-state index contributed by atoms with van der Waals surface area (Å²) in [7, 11) is 0. The van der Waals surface area contributed by atoms with Crippen LogP contribution >= 0.6 is 23.2 Å². The highest BCUT2D eigenvalue weighted by Gasteiger charge is 2.25. The molecule has 1 aliphatic heterocycles. The van der Waals surface area contributed by atoms with Gasteiger partial charge in [-0.25, -0.2) is 9.59 Å². The number of nitrogens with zero attached hydrogens (tertiary/aromatic N) is 1. The highest BCUT2D eigenvalue weighted by Crippen LogP contribution is 2.20. The SMILES string of the molecule is CC(C)(C)OC(=O)NCC[C@@H]1CN(C(=O)OCc2cc(Cl)cc(Cl)c2)CCO1. The Bertz CT molecular complexity index is 673. The molecule has 1 saturated heterocycles. The molecule has 0 spiro atoms. The summed E-state index contributed by atoms with van der Waals surface area (Å²) in [5.41, 5.74) is 0.177. The van der Waals surface area contributed by atoms with E-state index >= 15 is 0 Å². The van der Waals surface area contributed by atoms with Gasteiger partial charge in [-0.15, -0.1) is 0 Å². The van der Waals surface area contributed by atoms with Crippen LogP contribution in [-0.4, -0.2) is 55.0 Å². The molecule has 0 bridgehead atoms. The summed E-state index contributed by atoms with van der Waals surface area (Å²) < 4.78 is 16.2. The monoisotopic (exact) mass is 432 g/mol. The lowest BCUT2D eigenvalue weighted by molar-refractivity contribution is -0.0313. The fraction of sp³-hybridized carbons (Fsp3) is 0.579. The normalized spacial score (nSPS) is 17.2. The molecule has 28 heavy (non-hydrogen) atoms. The van der Waals surface area contributed by atoms with Crippen molar-refractivity contribution in [2.75, 3.05) is 26.2 Å². The maximum Gasteiger partial charge on any atom is 0.410 e. The van der Waals surface area contributed by atoms with Crippen molar-refractivity contribution in [3.8, 4) is 0 Å². The second-order valence-corrected chi connectivity index (χ2v) is 8.36. The summed E-state index contributed by atoms with van der Waals surface area (Å²) in [4.78, 5) is 25.6. The summed E-state index contributed by atoms with van der Waals surface area (Å²) in [6.07, 6.45) is -0.520. The average molecular weight is 433 g/mol. The van der Waals surface area contributed by atoms with Crippen molar-refractivity contribution in [1.29, 1.82) is 0 Å². The van der Waals surface area contributed by atoms with E-state index in [9.17, 15) is 9.59 Å². The van der Waals surface area contributed by atoms with Crippen LogP contribution in [0.5, 0.6) is 0 Å². The minimum atomic E-state index is -0.542. The van der Waals surface area contributed by atoms with E-state index in [4.69, 9.17) is 37.4 Å². The van der Waals surface area contributed by atoms with Crippen LogP contribution in [-0.2, 0) is 20.8 Å². The Labute approximate surface area is 175 Å². The van der Waals surface area contributed by atoms with Crippen LogP contribution in [0.1, 0.15) is 32.8 Å². The molecule has 1 heterocycles. The second kappa shape index (κ2) is 10.2. The second-order valence-electron chi connectivity index (χ2n) is 7.49. The molecule has 2 rings (SSSR count). The molecular weight excluding hydrogens is 407 g/mol. The Morgan fingerprint density at radius 3 is 2.57 bits per heavy atom. The van der Waals surface area contributed by atoms with Gasteiger partial charge in [-0.05, 0) is 51.0 Å². The number of benzene rings is 1. The quantitative estimate of drug-likeness (QED) is 0.752. The first-order chi connectivity index (χ1) is 13.1. The van der Waals surface area contributed by atoms with Gasteiger partial charge in [0.25, 0.3) is 0 Å². The molecule has 1 aliphatic rings. The maximum absolute atomic E-state index is 12.3. The van der Waals surface area contributed by atoms with Gasteiger partial charge in [-0.1, -0.05) is 23.2 Å². The minimum absolute atomic E-state index is 0.0847. The van der Waals surface area contributed by atoms with Crippen molar-refractivity contribution in [3.05, 3.63) is 33.8 Å². The summed E-state index contributed by atoms with van der Waals surface area (Å²) in [5.74, 6) is 0. The van der Waals surface area contributed by atoms with Gasteiger partial charge < -0.3 is 24.4 Å². The summed E-state index contributed by atoms with van der Waals surface area (Å²) >= 11 is 11.9. The third-order valence-electron chi connectivity index (χ3n) is 3.82. The number of hydrogen-bond acceptors (Lipinski definition) is 5. The van der Waals surface area contributed by atoms with Crippen LogP contribution in [0.25, 0.3) is 0 Å². The predicted octanol–water partition coefficient (Wildman–Crippen LogP) is 4.25. The molecule has 1 fully saturated rings. The molecule has 2 amide bonds. The van der Waals surface area contributed by atoms with Gasteiger partial charge in [-0.2, -0.15) is 0 Å². The Morgan fingerprint density at radius 1 is 1.25 bits per heavy atom. The van der Waals surface area contributed by atoms with Crippen LogP contribution in [0.4, 0.5) is 9.59 Å². The molecule has 1 aromatic carbocycles. The van der Waals surface area contributed by atoms with Gasteiger partial charge in [0.2, 0.25) is 0 Å². The first-order valence-electron chi connectivity index (χ1n) is 9.07. The van der Waals surface area contributed by atoms with Crippen molar-refractivity contribution in [2.24, 2.45) is 0 Å². The molecule has 0 aromatic heterocycles. The summed E-state index contributed by atoms with van der Waals surface area (Å²) in [5, 5.41) is 3.66. The van der Waals surface area contributed by atoms with Gasteiger partial charge in [0, 0.05) is 23.1 Å². The van der Waals surface area contributed by atoms with Crippen molar-refractivity contribution >= 4 is 35.4 Å². The van der Waals surface area contributed by atoms with E-state index in [1.165, 1.54) is 0 Å². The average Bonchev–Trinajstić information content (AvgIpc) is 2.57. The lowest BCUT2D eigenvalue weighted by atomic mass is 10.2. The van der Waals surface area contributed by atoms with Crippen LogP contribution in [0.15, 0.2) is 18.2 Å². The highest BCUT2D eigenvalue weighted by atomic mass is 35.5. The zero-order valence-electron chi connectivity index (χ0n) is 16.3. The lowest BCUT2D eigenvalue weighted by Crippen LogP contribution is -2.46. The van der Waals surface area contributed by atoms with Gasteiger partial charge in [-0.3, -0.25) is 0 Å². The number of halogens is 2. The Hall–Kier alpha value is -1.70. The number of alkyl carbamates (subject to hydrolysis) is 1. The molecule has 1 N–H and O–H groups in total. The molecule has 156 valence electrons. The zero-order chi connectivity index (χ0) is 20.7. The van der Waals surface area contributed by atoms with Crippen molar-refractivity contribution in [3.63, 3.8) is 0 Å². The number of carbonyl (C=O) groups excluding carboxylic acids is 2. The third-order valence-corrected chi connectivity index (χ3v) is 4.25. The van der Waals surface area contributed by atoms with Gasteiger partial charge in [0.05, 0.1) is 19.3 Å². The van der Waals surface area contributed by atoms with E-state index in [-0.39, 0.29) is 12.7 Å². The first kappa shape index (κ1) is 22.6. The molecule has 0 aliphatic carbocycles. The van der Waals surface area contributed by atoms with E-state index in [1.54, 1.807) is 43.9 Å². The van der Waals surface area contributed by atoms with E-state index in [2.05, 4.69) is 5.32 Å². The zero-order valence-corrected chi connectivity index (χ0v) is 17.8. The summed E-state index contributed by atoms with van der Waals surface area (Å²) in [6.45, 7) is 7.14. The molecule has 0 unspecified atom stereocenters. The van der Waals surface area contributed by atoms with Crippen LogP contribution in [0, 0.1) is 0 Å². The fourth-order valence-electron chi connectivity index (χ4n) is 2.64. The number of rotatable bonds is 5. The van der Waals surface area contributed by atoms with E-state index < -0.39 is 17.8 Å². The molecule has 1 atom stereocenters. The smallest absolute Gasteiger partial charge is 0.410 e. The van der Waals surface area contributed by atoms with Crippen molar-refractivity contribution in [1.82, 2.24) is 10.2 Å². The van der Waals surface area contributed by atoms with Crippen LogP contribution < -0.4 is 5.32 Å². The number of ether oxygens (including phenoxy) is 3. The number of carbonyl (C=O) groups is 2. The standard InChI is InChI=1S/C19H26Cl2N2O5/c1-19(2,3)28-17(24)22-5-4-16-11-23(6-7-26-16)18(25)27-12-13-8-14(20)10-15(21)9-13/h8-10,16H,4-7,11-12H2,1-3H3,(H,22,24)/t16-/m1/s1.